The normalized spacial score (nSPS) is 12.3. The van der Waals surface area contributed by atoms with Crippen LogP contribution in [0.15, 0.2) is 30.6 Å². The summed E-state index contributed by atoms with van der Waals surface area (Å²) in [6, 6.07) is 3.57. The number of nitrogens with two attached hydrogens (primary N) is 1. The third kappa shape index (κ3) is 3.85. The highest BCUT2D eigenvalue weighted by molar-refractivity contribution is 5.35. The van der Waals surface area contributed by atoms with Crippen LogP contribution in [0.2, 0.25) is 0 Å². The molecule has 1 unspecified atom stereocenters. The third-order valence-corrected chi connectivity index (χ3v) is 3.28. The number of benzene rings is 1. The fourth-order valence-corrected chi connectivity index (χ4v) is 2.08. The van der Waals surface area contributed by atoms with E-state index in [0.29, 0.717) is 18.5 Å². The summed E-state index contributed by atoms with van der Waals surface area (Å²) in [5, 5.41) is 10.8. The van der Waals surface area contributed by atoms with Gasteiger partial charge >= 0.3 is 0 Å². The van der Waals surface area contributed by atoms with Gasteiger partial charge in [0.15, 0.2) is 0 Å². The molecule has 0 amide bonds. The second-order valence-corrected chi connectivity index (χ2v) is 4.92. The fraction of sp³-hybridized carbons (Fsp3) is 0.357. The Labute approximate surface area is 121 Å². The second-order valence-electron chi connectivity index (χ2n) is 4.92. The van der Waals surface area contributed by atoms with Gasteiger partial charge in [-0.3, -0.25) is 10.1 Å². The summed E-state index contributed by atoms with van der Waals surface area (Å²) in [5.74, 6) is 0.169. The molecule has 0 saturated heterocycles. The van der Waals surface area contributed by atoms with Crippen LogP contribution in [-0.2, 0) is 13.0 Å². The minimum Gasteiger partial charge on any atom is -0.330 e. The van der Waals surface area contributed by atoms with Gasteiger partial charge in [0.25, 0.3) is 5.69 Å². The molecule has 112 valence electrons. The number of aromatic nitrogens is 2. The fourth-order valence-electron chi connectivity index (χ4n) is 2.08. The van der Waals surface area contributed by atoms with E-state index in [1.54, 1.807) is 12.4 Å². The molecule has 21 heavy (non-hydrogen) atoms. The lowest BCUT2D eigenvalue weighted by molar-refractivity contribution is -0.385. The first-order valence-corrected chi connectivity index (χ1v) is 6.69. The van der Waals surface area contributed by atoms with Crippen molar-refractivity contribution in [3.8, 4) is 0 Å². The van der Waals surface area contributed by atoms with E-state index >= 15 is 0 Å². The molecule has 1 aromatic heterocycles. The SMILES string of the molecule is CCC(N)Cc1nccn1Cc1cc(F)cc([N+](=O)[O-])c1. The van der Waals surface area contributed by atoms with Gasteiger partial charge in [-0.15, -0.1) is 0 Å². The van der Waals surface area contributed by atoms with Gasteiger partial charge in [0.2, 0.25) is 0 Å². The van der Waals surface area contributed by atoms with Crippen LogP contribution < -0.4 is 5.73 Å². The molecule has 0 radical (unpaired) electrons. The summed E-state index contributed by atoms with van der Waals surface area (Å²) in [6.45, 7) is 2.32. The maximum atomic E-state index is 13.4. The number of non-ortho nitro benzene ring substituents is 1. The Balaban J connectivity index is 2.22. The van der Waals surface area contributed by atoms with Crippen molar-refractivity contribution in [3.05, 3.63) is 57.9 Å². The first-order chi connectivity index (χ1) is 9.99. The first-order valence-electron chi connectivity index (χ1n) is 6.69. The molecule has 0 spiro atoms. The third-order valence-electron chi connectivity index (χ3n) is 3.28. The molecule has 0 aliphatic heterocycles. The Bertz CT molecular complexity index is 642. The molecule has 1 atom stereocenters. The molecule has 0 aliphatic carbocycles. The second kappa shape index (κ2) is 6.45. The van der Waals surface area contributed by atoms with Crippen LogP contribution in [0.25, 0.3) is 0 Å². The summed E-state index contributed by atoms with van der Waals surface area (Å²) in [5.41, 5.74) is 6.18. The average Bonchev–Trinajstić information content (AvgIpc) is 2.85. The summed E-state index contributed by atoms with van der Waals surface area (Å²) < 4.78 is 15.3. The van der Waals surface area contributed by atoms with Crippen molar-refractivity contribution in [1.82, 2.24) is 9.55 Å². The van der Waals surface area contributed by atoms with Crippen molar-refractivity contribution in [1.29, 1.82) is 0 Å². The molecular weight excluding hydrogens is 275 g/mol. The summed E-state index contributed by atoms with van der Waals surface area (Å²) >= 11 is 0. The van der Waals surface area contributed by atoms with Crippen LogP contribution in [0.4, 0.5) is 10.1 Å². The number of imidazole rings is 1. The van der Waals surface area contributed by atoms with Crippen LogP contribution in [0.5, 0.6) is 0 Å². The van der Waals surface area contributed by atoms with Crippen LogP contribution in [0, 0.1) is 15.9 Å². The highest BCUT2D eigenvalue weighted by Crippen LogP contribution is 2.18. The molecule has 0 aliphatic rings. The molecule has 7 heteroatoms. The van der Waals surface area contributed by atoms with Gasteiger partial charge in [0, 0.05) is 37.5 Å². The maximum absolute atomic E-state index is 13.4. The van der Waals surface area contributed by atoms with E-state index in [9.17, 15) is 14.5 Å². The highest BCUT2D eigenvalue weighted by atomic mass is 19.1. The molecule has 0 bridgehead atoms. The quantitative estimate of drug-likeness (QED) is 0.653. The first kappa shape index (κ1) is 15.1. The van der Waals surface area contributed by atoms with E-state index in [1.165, 1.54) is 12.1 Å². The molecule has 2 N–H and O–H groups in total. The van der Waals surface area contributed by atoms with E-state index < -0.39 is 10.7 Å². The minimum absolute atomic E-state index is 0.00740. The Morgan fingerprint density at radius 2 is 2.24 bits per heavy atom. The van der Waals surface area contributed by atoms with Gasteiger partial charge < -0.3 is 10.3 Å². The van der Waals surface area contributed by atoms with Gasteiger partial charge in [-0.1, -0.05) is 6.92 Å². The van der Waals surface area contributed by atoms with Gasteiger partial charge in [-0.2, -0.15) is 0 Å². The van der Waals surface area contributed by atoms with Crippen molar-refractivity contribution in [2.75, 3.05) is 0 Å². The summed E-state index contributed by atoms with van der Waals surface area (Å²) in [6.07, 6.45) is 4.85. The molecule has 2 aromatic rings. The molecule has 2 rings (SSSR count). The number of hydrogen-bond donors (Lipinski definition) is 1. The van der Waals surface area contributed by atoms with Gasteiger partial charge in [-0.05, 0) is 18.1 Å². The lowest BCUT2D eigenvalue weighted by Crippen LogP contribution is -2.23. The number of nitro groups is 1. The van der Waals surface area contributed by atoms with Crippen LogP contribution in [0.1, 0.15) is 24.7 Å². The number of nitro benzene ring substituents is 1. The van der Waals surface area contributed by atoms with Crippen molar-refractivity contribution in [2.24, 2.45) is 5.73 Å². The van der Waals surface area contributed by atoms with Crippen molar-refractivity contribution in [3.63, 3.8) is 0 Å². The van der Waals surface area contributed by atoms with E-state index in [2.05, 4.69) is 4.98 Å². The number of halogens is 1. The molecule has 6 nitrogen and oxygen atoms in total. The van der Waals surface area contributed by atoms with Gasteiger partial charge in [0.1, 0.15) is 11.6 Å². The minimum atomic E-state index is -0.619. The molecule has 1 heterocycles. The number of rotatable bonds is 6. The number of nitrogens with zero attached hydrogens (tertiary/aromatic N) is 3. The van der Waals surface area contributed by atoms with Gasteiger partial charge in [-0.25, -0.2) is 9.37 Å². The number of hydrogen-bond acceptors (Lipinski definition) is 4. The Morgan fingerprint density at radius 3 is 2.90 bits per heavy atom. The standard InChI is InChI=1S/C14H17FN4O2/c1-2-12(16)8-14-17-3-4-18(14)9-10-5-11(15)7-13(6-10)19(20)21/h3-7,12H,2,8-9,16H2,1H3. The van der Waals surface area contributed by atoms with E-state index in [-0.39, 0.29) is 11.7 Å². The zero-order chi connectivity index (χ0) is 15.4. The predicted octanol–water partition coefficient (Wildman–Crippen LogP) is 2.26. The maximum Gasteiger partial charge on any atom is 0.272 e. The topological polar surface area (TPSA) is 87.0 Å². The molecule has 0 saturated carbocycles. The highest BCUT2D eigenvalue weighted by Gasteiger charge is 2.12. The Morgan fingerprint density at radius 1 is 1.48 bits per heavy atom. The van der Waals surface area contributed by atoms with E-state index in [0.717, 1.165) is 18.3 Å². The van der Waals surface area contributed by atoms with Crippen LogP contribution in [0.3, 0.4) is 0 Å². The zero-order valence-electron chi connectivity index (χ0n) is 11.7. The largest absolute Gasteiger partial charge is 0.330 e. The summed E-state index contributed by atoms with van der Waals surface area (Å²) in [4.78, 5) is 14.4. The molecule has 1 aromatic carbocycles. The lowest BCUT2D eigenvalue weighted by Gasteiger charge is -2.11. The van der Waals surface area contributed by atoms with Crippen LogP contribution in [-0.4, -0.2) is 20.5 Å². The van der Waals surface area contributed by atoms with Crippen molar-refractivity contribution in [2.45, 2.75) is 32.4 Å². The van der Waals surface area contributed by atoms with Crippen LogP contribution >= 0.6 is 0 Å². The smallest absolute Gasteiger partial charge is 0.272 e. The van der Waals surface area contributed by atoms with Crippen molar-refractivity contribution >= 4 is 5.69 Å². The molecule has 0 fully saturated rings. The monoisotopic (exact) mass is 292 g/mol. The van der Waals surface area contributed by atoms with E-state index in [4.69, 9.17) is 5.73 Å². The van der Waals surface area contributed by atoms with E-state index in [1.807, 2.05) is 11.5 Å². The Kier molecular flexibility index (Phi) is 4.64. The summed E-state index contributed by atoms with van der Waals surface area (Å²) in [7, 11) is 0. The Hall–Kier alpha value is -2.28. The zero-order valence-corrected chi connectivity index (χ0v) is 11.7. The van der Waals surface area contributed by atoms with Gasteiger partial charge in [0.05, 0.1) is 11.0 Å². The average molecular weight is 292 g/mol. The molecular formula is C14H17FN4O2. The van der Waals surface area contributed by atoms with Crippen molar-refractivity contribution < 1.29 is 9.31 Å². The lowest BCUT2D eigenvalue weighted by atomic mass is 10.1. The predicted molar refractivity (Wildman–Crippen MR) is 76.4 cm³/mol.